The molecule has 2 rings (SSSR count). The molecule has 3 nitrogen and oxygen atoms in total. The maximum absolute atomic E-state index is 11.9. The van der Waals surface area contributed by atoms with Crippen LogP contribution in [0.5, 0.6) is 5.75 Å². The highest BCUT2D eigenvalue weighted by molar-refractivity contribution is 6.35. The zero-order valence-corrected chi connectivity index (χ0v) is 14.6. The number of amides is 1. The highest BCUT2D eigenvalue weighted by Crippen LogP contribution is 2.25. The van der Waals surface area contributed by atoms with E-state index in [9.17, 15) is 4.79 Å². The second kappa shape index (κ2) is 8.23. The lowest BCUT2D eigenvalue weighted by atomic mass is 10.0. The zero-order valence-electron chi connectivity index (χ0n) is 13.1. The maximum atomic E-state index is 11.9. The second-order valence-electron chi connectivity index (χ2n) is 5.49. The van der Waals surface area contributed by atoms with Gasteiger partial charge in [-0.3, -0.25) is 4.79 Å². The fraction of sp³-hybridized carbons (Fsp3) is 0.278. The molecule has 0 aliphatic heterocycles. The number of benzene rings is 2. The summed E-state index contributed by atoms with van der Waals surface area (Å²) < 4.78 is 5.63. The number of carbonyl (C=O) groups is 1. The first-order valence-corrected chi connectivity index (χ1v) is 8.15. The van der Waals surface area contributed by atoms with Crippen molar-refractivity contribution < 1.29 is 9.53 Å². The molecule has 0 unspecified atom stereocenters. The predicted molar refractivity (Wildman–Crippen MR) is 94.3 cm³/mol. The third-order valence-electron chi connectivity index (χ3n) is 3.39. The van der Waals surface area contributed by atoms with Crippen LogP contribution in [0.25, 0.3) is 0 Å². The SMILES string of the molecule is CC(C)c1ccccc1OCC(=O)NCc1ccc(Cl)cc1Cl. The van der Waals surface area contributed by atoms with Crippen molar-refractivity contribution in [2.75, 3.05) is 6.61 Å². The Kier molecular flexibility index (Phi) is 6.31. The van der Waals surface area contributed by atoms with Gasteiger partial charge < -0.3 is 10.1 Å². The lowest BCUT2D eigenvalue weighted by molar-refractivity contribution is -0.123. The number of halogens is 2. The van der Waals surface area contributed by atoms with Gasteiger partial charge in [0.1, 0.15) is 5.75 Å². The molecule has 0 bridgehead atoms. The van der Waals surface area contributed by atoms with Crippen LogP contribution in [-0.2, 0) is 11.3 Å². The van der Waals surface area contributed by atoms with Gasteiger partial charge in [0, 0.05) is 16.6 Å². The summed E-state index contributed by atoms with van der Waals surface area (Å²) in [5, 5.41) is 3.89. The monoisotopic (exact) mass is 351 g/mol. The molecule has 2 aromatic carbocycles. The highest BCUT2D eigenvalue weighted by atomic mass is 35.5. The third kappa shape index (κ3) is 5.15. The van der Waals surface area contributed by atoms with Gasteiger partial charge in [-0.1, -0.05) is 61.3 Å². The first kappa shape index (κ1) is 17.6. The molecule has 0 aliphatic rings. The molecule has 0 heterocycles. The molecule has 23 heavy (non-hydrogen) atoms. The van der Waals surface area contributed by atoms with Crippen LogP contribution in [0.15, 0.2) is 42.5 Å². The first-order chi connectivity index (χ1) is 11.0. The van der Waals surface area contributed by atoms with Gasteiger partial charge in [-0.15, -0.1) is 0 Å². The molecule has 5 heteroatoms. The summed E-state index contributed by atoms with van der Waals surface area (Å²) in [7, 11) is 0. The van der Waals surface area contributed by atoms with Crippen LogP contribution in [0.4, 0.5) is 0 Å². The minimum Gasteiger partial charge on any atom is -0.483 e. The van der Waals surface area contributed by atoms with E-state index in [0.29, 0.717) is 22.5 Å². The summed E-state index contributed by atoms with van der Waals surface area (Å²) in [6, 6.07) is 12.9. The summed E-state index contributed by atoms with van der Waals surface area (Å²) in [6.07, 6.45) is 0. The number of hydrogen-bond acceptors (Lipinski definition) is 2. The van der Waals surface area contributed by atoms with Gasteiger partial charge in [0.15, 0.2) is 6.61 Å². The van der Waals surface area contributed by atoms with E-state index in [4.69, 9.17) is 27.9 Å². The van der Waals surface area contributed by atoms with E-state index >= 15 is 0 Å². The molecule has 0 atom stereocenters. The molecule has 0 saturated heterocycles. The molecule has 0 saturated carbocycles. The molecule has 0 aromatic heterocycles. The number of carbonyl (C=O) groups excluding carboxylic acids is 1. The number of para-hydroxylation sites is 1. The van der Waals surface area contributed by atoms with Crippen molar-refractivity contribution in [3.05, 3.63) is 63.6 Å². The number of nitrogens with one attached hydrogen (secondary N) is 1. The standard InChI is InChI=1S/C18H19Cl2NO2/c1-12(2)15-5-3-4-6-17(15)23-11-18(22)21-10-13-7-8-14(19)9-16(13)20/h3-9,12H,10-11H2,1-2H3,(H,21,22). The Labute approximate surface area is 146 Å². The van der Waals surface area contributed by atoms with Gasteiger partial charge in [-0.2, -0.15) is 0 Å². The van der Waals surface area contributed by atoms with Gasteiger partial charge in [0.05, 0.1) is 0 Å². The van der Waals surface area contributed by atoms with Crippen LogP contribution in [0.2, 0.25) is 10.0 Å². The van der Waals surface area contributed by atoms with Crippen LogP contribution in [-0.4, -0.2) is 12.5 Å². The first-order valence-electron chi connectivity index (χ1n) is 7.39. The molecule has 2 aromatic rings. The van der Waals surface area contributed by atoms with E-state index in [1.807, 2.05) is 24.3 Å². The van der Waals surface area contributed by atoms with E-state index in [-0.39, 0.29) is 12.5 Å². The largest absolute Gasteiger partial charge is 0.483 e. The summed E-state index contributed by atoms with van der Waals surface area (Å²) in [4.78, 5) is 11.9. The van der Waals surface area contributed by atoms with Crippen molar-refractivity contribution in [2.24, 2.45) is 0 Å². The van der Waals surface area contributed by atoms with Gasteiger partial charge in [-0.05, 0) is 35.2 Å². The molecule has 0 spiro atoms. The predicted octanol–water partition coefficient (Wildman–Crippen LogP) is 4.81. The average Bonchev–Trinajstić information content (AvgIpc) is 2.52. The van der Waals surface area contributed by atoms with Gasteiger partial charge in [-0.25, -0.2) is 0 Å². The van der Waals surface area contributed by atoms with Crippen LogP contribution < -0.4 is 10.1 Å². The normalized spacial score (nSPS) is 10.7. The van der Waals surface area contributed by atoms with E-state index in [2.05, 4.69) is 19.2 Å². The van der Waals surface area contributed by atoms with Crippen LogP contribution in [0, 0.1) is 0 Å². The molecule has 122 valence electrons. The van der Waals surface area contributed by atoms with Crippen molar-refractivity contribution >= 4 is 29.1 Å². The topological polar surface area (TPSA) is 38.3 Å². The van der Waals surface area contributed by atoms with Crippen molar-refractivity contribution in [1.82, 2.24) is 5.32 Å². The summed E-state index contributed by atoms with van der Waals surface area (Å²) in [6.45, 7) is 4.48. The Morgan fingerprint density at radius 2 is 1.91 bits per heavy atom. The van der Waals surface area contributed by atoms with Crippen LogP contribution in [0.3, 0.4) is 0 Å². The van der Waals surface area contributed by atoms with E-state index in [1.54, 1.807) is 18.2 Å². The van der Waals surface area contributed by atoms with Crippen LogP contribution in [0.1, 0.15) is 30.9 Å². The summed E-state index contributed by atoms with van der Waals surface area (Å²) >= 11 is 11.9. The lowest BCUT2D eigenvalue weighted by Gasteiger charge is -2.14. The Bertz CT molecular complexity index is 686. The zero-order chi connectivity index (χ0) is 16.8. The fourth-order valence-electron chi connectivity index (χ4n) is 2.14. The molecule has 0 fully saturated rings. The van der Waals surface area contributed by atoms with Gasteiger partial charge in [0.25, 0.3) is 5.91 Å². The molecule has 1 N–H and O–H groups in total. The molecule has 0 radical (unpaired) electrons. The minimum atomic E-state index is -0.199. The minimum absolute atomic E-state index is 0.0328. The van der Waals surface area contributed by atoms with Gasteiger partial charge in [0.2, 0.25) is 0 Å². The van der Waals surface area contributed by atoms with Crippen molar-refractivity contribution in [3.8, 4) is 5.75 Å². The Morgan fingerprint density at radius 3 is 2.61 bits per heavy atom. The average molecular weight is 352 g/mol. The fourth-order valence-corrected chi connectivity index (χ4v) is 2.62. The van der Waals surface area contributed by atoms with Crippen molar-refractivity contribution in [2.45, 2.75) is 26.3 Å². The van der Waals surface area contributed by atoms with E-state index in [0.717, 1.165) is 16.9 Å². The molecular weight excluding hydrogens is 333 g/mol. The van der Waals surface area contributed by atoms with E-state index in [1.165, 1.54) is 0 Å². The van der Waals surface area contributed by atoms with E-state index < -0.39 is 0 Å². The smallest absolute Gasteiger partial charge is 0.258 e. The summed E-state index contributed by atoms with van der Waals surface area (Å²) in [5.41, 5.74) is 1.90. The number of ether oxygens (including phenoxy) is 1. The van der Waals surface area contributed by atoms with Gasteiger partial charge >= 0.3 is 0 Å². The Hall–Kier alpha value is -1.71. The van der Waals surface area contributed by atoms with Crippen molar-refractivity contribution in [3.63, 3.8) is 0 Å². The summed E-state index contributed by atoms with van der Waals surface area (Å²) in [5.74, 6) is 0.874. The Morgan fingerprint density at radius 1 is 1.17 bits per heavy atom. The number of hydrogen-bond donors (Lipinski definition) is 1. The van der Waals surface area contributed by atoms with Crippen molar-refractivity contribution in [1.29, 1.82) is 0 Å². The molecular formula is C18H19Cl2NO2. The second-order valence-corrected chi connectivity index (χ2v) is 6.34. The molecule has 1 amide bonds. The molecule has 0 aliphatic carbocycles. The quantitative estimate of drug-likeness (QED) is 0.810. The Balaban J connectivity index is 1.88. The number of rotatable bonds is 6. The highest BCUT2D eigenvalue weighted by Gasteiger charge is 2.09. The maximum Gasteiger partial charge on any atom is 0.258 e. The lowest BCUT2D eigenvalue weighted by Crippen LogP contribution is -2.28. The third-order valence-corrected chi connectivity index (χ3v) is 3.98. The van der Waals surface area contributed by atoms with Crippen LogP contribution >= 0.6 is 23.2 Å².